The highest BCUT2D eigenvalue weighted by Crippen LogP contribution is 2.40. The molecular formula is C15H18BrNO2S3. The Morgan fingerprint density at radius 2 is 2.05 bits per heavy atom. The molecule has 1 aliphatic rings. The van der Waals surface area contributed by atoms with Gasteiger partial charge in [-0.25, -0.2) is 8.42 Å². The minimum absolute atomic E-state index is 0.0200. The minimum atomic E-state index is -3.43. The molecule has 0 radical (unpaired) electrons. The maximum atomic E-state index is 13.1. The zero-order chi connectivity index (χ0) is 15.7. The number of rotatable bonds is 3. The van der Waals surface area contributed by atoms with Crippen LogP contribution >= 0.6 is 38.6 Å². The topological polar surface area (TPSA) is 37.4 Å². The molecule has 3 rings (SSSR count). The first-order valence-electron chi connectivity index (χ1n) is 7.31. The Kier molecular flexibility index (Phi) is 5.09. The summed E-state index contributed by atoms with van der Waals surface area (Å²) >= 11 is 6.33. The molecule has 3 nitrogen and oxygen atoms in total. The van der Waals surface area contributed by atoms with E-state index >= 15 is 0 Å². The summed E-state index contributed by atoms with van der Waals surface area (Å²) < 4.78 is 29.2. The van der Waals surface area contributed by atoms with Crippen LogP contribution in [-0.2, 0) is 10.0 Å². The van der Waals surface area contributed by atoms with E-state index < -0.39 is 10.0 Å². The molecule has 0 amide bonds. The van der Waals surface area contributed by atoms with Crippen molar-refractivity contribution in [1.82, 2.24) is 4.31 Å². The second kappa shape index (κ2) is 6.73. The molecular weight excluding hydrogens is 402 g/mol. The van der Waals surface area contributed by atoms with Crippen molar-refractivity contribution in [3.8, 4) is 0 Å². The maximum Gasteiger partial charge on any atom is 0.253 e. The van der Waals surface area contributed by atoms with Gasteiger partial charge in [-0.05, 0) is 64.8 Å². The predicted octanol–water partition coefficient (Wildman–Crippen LogP) is 5.19. The molecule has 0 unspecified atom stereocenters. The third-order valence-electron chi connectivity index (χ3n) is 4.02. The summed E-state index contributed by atoms with van der Waals surface area (Å²) in [7, 11) is -3.43. The highest BCUT2D eigenvalue weighted by molar-refractivity contribution is 9.11. The van der Waals surface area contributed by atoms with Gasteiger partial charge in [0, 0.05) is 11.4 Å². The van der Waals surface area contributed by atoms with E-state index in [9.17, 15) is 8.42 Å². The molecule has 0 N–H and O–H groups in total. The van der Waals surface area contributed by atoms with Gasteiger partial charge in [0.2, 0.25) is 0 Å². The predicted molar refractivity (Wildman–Crippen MR) is 96.2 cm³/mol. The van der Waals surface area contributed by atoms with Gasteiger partial charge in [0.15, 0.2) is 0 Å². The zero-order valence-electron chi connectivity index (χ0n) is 12.3. The van der Waals surface area contributed by atoms with Crippen molar-refractivity contribution in [3.05, 3.63) is 37.8 Å². The minimum Gasteiger partial charge on any atom is -0.206 e. The van der Waals surface area contributed by atoms with Gasteiger partial charge in [0.25, 0.3) is 10.0 Å². The summed E-state index contributed by atoms with van der Waals surface area (Å²) in [5, 5.41) is 2.06. The summed E-state index contributed by atoms with van der Waals surface area (Å²) in [5.74, 6) is 0. The number of thiophene rings is 2. The van der Waals surface area contributed by atoms with Crippen molar-refractivity contribution in [2.24, 2.45) is 0 Å². The summed E-state index contributed by atoms with van der Waals surface area (Å²) in [5.41, 5.74) is 1.20. The first kappa shape index (κ1) is 16.6. The van der Waals surface area contributed by atoms with Gasteiger partial charge in [-0.15, -0.1) is 22.7 Å². The van der Waals surface area contributed by atoms with Crippen LogP contribution in [-0.4, -0.2) is 19.3 Å². The van der Waals surface area contributed by atoms with E-state index in [4.69, 9.17) is 0 Å². The number of sulfonamides is 1. The summed E-state index contributed by atoms with van der Waals surface area (Å²) in [6.07, 6.45) is 4.03. The molecule has 0 spiro atoms. The lowest BCUT2D eigenvalue weighted by atomic mass is 10.1. The molecule has 1 fully saturated rings. The lowest BCUT2D eigenvalue weighted by Gasteiger charge is -2.28. The van der Waals surface area contributed by atoms with Crippen LogP contribution in [0.5, 0.6) is 0 Å². The monoisotopic (exact) mass is 419 g/mol. The molecule has 0 saturated carbocycles. The highest BCUT2D eigenvalue weighted by atomic mass is 79.9. The van der Waals surface area contributed by atoms with Crippen LogP contribution in [0.2, 0.25) is 0 Å². The van der Waals surface area contributed by atoms with Gasteiger partial charge in [-0.2, -0.15) is 4.31 Å². The quantitative estimate of drug-likeness (QED) is 0.686. The van der Waals surface area contributed by atoms with Gasteiger partial charge in [0.05, 0.1) is 9.83 Å². The lowest BCUT2D eigenvalue weighted by molar-refractivity contribution is 0.333. The smallest absolute Gasteiger partial charge is 0.206 e. The third kappa shape index (κ3) is 3.19. The van der Waals surface area contributed by atoms with E-state index in [2.05, 4.69) is 34.3 Å². The molecule has 120 valence electrons. The molecule has 2 aromatic heterocycles. The fourth-order valence-corrected chi connectivity index (χ4v) is 7.86. The molecule has 1 saturated heterocycles. The Labute approximate surface area is 148 Å². The number of aryl methyl sites for hydroxylation is 1. The normalized spacial score (nSPS) is 20.9. The number of nitrogens with zero attached hydrogens (tertiary/aromatic N) is 1. The molecule has 2 aromatic rings. The van der Waals surface area contributed by atoms with Crippen LogP contribution < -0.4 is 0 Å². The Balaban J connectivity index is 2.02. The average molecular weight is 420 g/mol. The van der Waals surface area contributed by atoms with Gasteiger partial charge >= 0.3 is 0 Å². The van der Waals surface area contributed by atoms with Crippen molar-refractivity contribution in [1.29, 1.82) is 0 Å². The fourth-order valence-electron chi connectivity index (χ4n) is 2.91. The fraction of sp³-hybridized carbons (Fsp3) is 0.467. The largest absolute Gasteiger partial charge is 0.253 e. The molecule has 22 heavy (non-hydrogen) atoms. The molecule has 0 aliphatic carbocycles. The van der Waals surface area contributed by atoms with Crippen molar-refractivity contribution < 1.29 is 8.42 Å². The first-order valence-corrected chi connectivity index (χ1v) is 11.2. The molecule has 0 aromatic carbocycles. The van der Waals surface area contributed by atoms with E-state index in [1.54, 1.807) is 27.8 Å². The van der Waals surface area contributed by atoms with E-state index in [1.807, 2.05) is 0 Å². The van der Waals surface area contributed by atoms with Crippen LogP contribution in [0.15, 0.2) is 31.6 Å². The number of hydrogen-bond acceptors (Lipinski definition) is 4. The molecule has 7 heteroatoms. The Morgan fingerprint density at radius 1 is 1.23 bits per heavy atom. The molecule has 1 atom stereocenters. The second-order valence-corrected chi connectivity index (χ2v) is 11.0. The van der Waals surface area contributed by atoms with Gasteiger partial charge in [-0.1, -0.05) is 12.8 Å². The van der Waals surface area contributed by atoms with Crippen LogP contribution in [0.4, 0.5) is 0 Å². The summed E-state index contributed by atoms with van der Waals surface area (Å²) in [6.45, 7) is 2.68. The number of hydrogen-bond donors (Lipinski definition) is 0. The standard InChI is InChI=1S/C15H18BrNO2S3/c1-11-8-10-20-15(11)12-5-3-2-4-9-17(12)22(18,19)14-7-6-13(16)21-14/h6-8,10,12H,2-5,9H2,1H3/t12-/m0/s1. The summed E-state index contributed by atoms with van der Waals surface area (Å²) in [6, 6.07) is 5.57. The van der Waals surface area contributed by atoms with Crippen molar-refractivity contribution >= 4 is 48.6 Å². The van der Waals surface area contributed by atoms with Gasteiger partial charge in [-0.3, -0.25) is 0 Å². The Hall–Kier alpha value is -0.210. The molecule has 1 aliphatic heterocycles. The second-order valence-electron chi connectivity index (χ2n) is 5.51. The summed E-state index contributed by atoms with van der Waals surface area (Å²) in [4.78, 5) is 1.20. The lowest BCUT2D eigenvalue weighted by Crippen LogP contribution is -2.34. The van der Waals surface area contributed by atoms with E-state index in [0.29, 0.717) is 10.8 Å². The van der Waals surface area contributed by atoms with E-state index in [-0.39, 0.29) is 6.04 Å². The van der Waals surface area contributed by atoms with E-state index in [1.165, 1.54) is 21.8 Å². The van der Waals surface area contributed by atoms with Crippen LogP contribution in [0, 0.1) is 6.92 Å². The van der Waals surface area contributed by atoms with Crippen molar-refractivity contribution in [2.45, 2.75) is 42.9 Å². The van der Waals surface area contributed by atoms with Gasteiger partial charge in [0.1, 0.15) is 4.21 Å². The van der Waals surface area contributed by atoms with Gasteiger partial charge < -0.3 is 0 Å². The SMILES string of the molecule is Cc1ccsc1[C@@H]1CCCCCN1S(=O)(=O)c1ccc(Br)s1. The first-order chi connectivity index (χ1) is 10.5. The van der Waals surface area contributed by atoms with Crippen molar-refractivity contribution in [2.75, 3.05) is 6.54 Å². The number of halogens is 1. The maximum absolute atomic E-state index is 13.1. The molecule has 0 bridgehead atoms. The Morgan fingerprint density at radius 3 is 2.68 bits per heavy atom. The average Bonchev–Trinajstić information content (AvgIpc) is 3.01. The van der Waals surface area contributed by atoms with Crippen LogP contribution in [0.3, 0.4) is 0 Å². The zero-order valence-corrected chi connectivity index (χ0v) is 16.3. The van der Waals surface area contributed by atoms with Crippen molar-refractivity contribution in [3.63, 3.8) is 0 Å². The van der Waals surface area contributed by atoms with Crippen LogP contribution in [0.1, 0.15) is 42.2 Å². The molecule has 3 heterocycles. The van der Waals surface area contributed by atoms with Crippen LogP contribution in [0.25, 0.3) is 0 Å². The highest BCUT2D eigenvalue weighted by Gasteiger charge is 2.35. The third-order valence-corrected chi connectivity index (χ3v) is 9.14. The van der Waals surface area contributed by atoms with E-state index in [0.717, 1.165) is 29.5 Å². The Bertz CT molecular complexity index is 750.